The van der Waals surface area contributed by atoms with Crippen molar-refractivity contribution in [3.63, 3.8) is 0 Å². The van der Waals surface area contributed by atoms with Crippen molar-refractivity contribution < 1.29 is 9.90 Å². The highest BCUT2D eigenvalue weighted by Gasteiger charge is 2.11. The van der Waals surface area contributed by atoms with Gasteiger partial charge in [-0.25, -0.2) is 9.67 Å². The number of nitrogens with zero attached hydrogens (tertiary/aromatic N) is 3. The van der Waals surface area contributed by atoms with Crippen molar-refractivity contribution in [3.05, 3.63) is 6.33 Å². The topological polar surface area (TPSA) is 106 Å². The molecule has 90 valence electrons. The lowest BCUT2D eigenvalue weighted by Gasteiger charge is -2.14. The predicted molar refractivity (Wildman–Crippen MR) is 58.3 cm³/mol. The predicted octanol–water partition coefficient (Wildman–Crippen LogP) is -1.01. The Kier molecular flexibility index (Phi) is 4.24. The van der Waals surface area contributed by atoms with Crippen LogP contribution in [0.4, 0.5) is 5.95 Å². The van der Waals surface area contributed by atoms with Crippen LogP contribution in [0, 0.1) is 5.92 Å². The van der Waals surface area contributed by atoms with Gasteiger partial charge in [0.15, 0.2) is 0 Å². The highest BCUT2D eigenvalue weighted by Crippen LogP contribution is 1.98. The fraction of sp³-hybridized carbons (Fsp3) is 0.667. The third kappa shape index (κ3) is 3.85. The molecule has 16 heavy (non-hydrogen) atoms. The monoisotopic (exact) mass is 227 g/mol. The number of rotatable bonds is 5. The van der Waals surface area contributed by atoms with E-state index in [0.29, 0.717) is 0 Å². The molecule has 1 rings (SSSR count). The molecular formula is C9H17N5O2. The number of carbonyl (C=O) groups excluding carboxylic acids is 1. The average molecular weight is 227 g/mol. The molecule has 0 radical (unpaired) electrons. The van der Waals surface area contributed by atoms with E-state index in [1.807, 2.05) is 13.8 Å². The first-order valence-corrected chi connectivity index (χ1v) is 5.08. The Morgan fingerprint density at radius 2 is 2.38 bits per heavy atom. The van der Waals surface area contributed by atoms with Crippen LogP contribution in [0.2, 0.25) is 0 Å². The van der Waals surface area contributed by atoms with Crippen molar-refractivity contribution in [2.24, 2.45) is 5.92 Å². The van der Waals surface area contributed by atoms with Gasteiger partial charge in [-0.1, -0.05) is 13.8 Å². The smallest absolute Gasteiger partial charge is 0.241 e. The first kappa shape index (κ1) is 12.4. The van der Waals surface area contributed by atoms with E-state index in [0.717, 1.165) is 0 Å². The molecule has 1 aromatic rings. The minimum Gasteiger partial charge on any atom is -0.391 e. The second kappa shape index (κ2) is 5.45. The molecule has 1 aromatic heterocycles. The lowest BCUT2D eigenvalue weighted by atomic mass is 10.1. The number of hydrogen-bond donors (Lipinski definition) is 3. The van der Waals surface area contributed by atoms with Crippen LogP contribution in [0.15, 0.2) is 6.33 Å². The van der Waals surface area contributed by atoms with Gasteiger partial charge in [0.05, 0.1) is 6.10 Å². The zero-order valence-electron chi connectivity index (χ0n) is 9.42. The van der Waals surface area contributed by atoms with Gasteiger partial charge in [-0.15, -0.1) is 5.10 Å². The number of anilines is 1. The van der Waals surface area contributed by atoms with Gasteiger partial charge in [0.2, 0.25) is 11.9 Å². The molecule has 0 saturated heterocycles. The maximum atomic E-state index is 11.4. The van der Waals surface area contributed by atoms with Crippen LogP contribution in [-0.2, 0) is 11.3 Å². The van der Waals surface area contributed by atoms with Crippen LogP contribution in [-0.4, -0.2) is 38.4 Å². The molecule has 7 heteroatoms. The molecule has 4 N–H and O–H groups in total. The van der Waals surface area contributed by atoms with E-state index in [9.17, 15) is 9.90 Å². The van der Waals surface area contributed by atoms with Crippen LogP contribution < -0.4 is 11.1 Å². The van der Waals surface area contributed by atoms with Gasteiger partial charge < -0.3 is 16.2 Å². The minimum absolute atomic E-state index is 0.0506. The van der Waals surface area contributed by atoms with E-state index >= 15 is 0 Å². The normalized spacial score (nSPS) is 12.8. The molecule has 1 heterocycles. The first-order valence-electron chi connectivity index (χ1n) is 5.08. The molecule has 7 nitrogen and oxygen atoms in total. The third-order valence-corrected chi connectivity index (χ3v) is 2.14. The second-order valence-electron chi connectivity index (χ2n) is 3.92. The Morgan fingerprint density at radius 1 is 1.69 bits per heavy atom. The number of nitrogens with one attached hydrogen (secondary N) is 1. The lowest BCUT2D eigenvalue weighted by Crippen LogP contribution is -2.36. The van der Waals surface area contributed by atoms with Crippen molar-refractivity contribution in [2.75, 3.05) is 12.3 Å². The van der Waals surface area contributed by atoms with Crippen molar-refractivity contribution in [2.45, 2.75) is 26.5 Å². The second-order valence-corrected chi connectivity index (χ2v) is 3.92. The highest BCUT2D eigenvalue weighted by molar-refractivity contribution is 5.75. The average Bonchev–Trinajstić information content (AvgIpc) is 2.60. The Balaban J connectivity index is 2.31. The highest BCUT2D eigenvalue weighted by atomic mass is 16.3. The third-order valence-electron chi connectivity index (χ3n) is 2.14. The van der Waals surface area contributed by atoms with E-state index in [-0.39, 0.29) is 30.9 Å². The lowest BCUT2D eigenvalue weighted by molar-refractivity contribution is -0.122. The standard InChI is InChI=1S/C9H17N5O2/c1-6(2)7(15)3-11-8(16)4-14-5-12-9(10)13-14/h5-7,15H,3-4H2,1-2H3,(H2,10,13)(H,11,16). The minimum atomic E-state index is -0.537. The summed E-state index contributed by atoms with van der Waals surface area (Å²) in [6.07, 6.45) is 0.845. The Bertz CT molecular complexity index is 349. The summed E-state index contributed by atoms with van der Waals surface area (Å²) in [7, 11) is 0. The van der Waals surface area contributed by atoms with E-state index in [1.165, 1.54) is 11.0 Å². The molecule has 0 bridgehead atoms. The number of amides is 1. The molecule has 1 unspecified atom stereocenters. The van der Waals surface area contributed by atoms with E-state index in [1.54, 1.807) is 0 Å². The quantitative estimate of drug-likeness (QED) is 0.598. The number of aliphatic hydroxyl groups is 1. The molecule has 0 saturated carbocycles. The molecule has 0 aliphatic rings. The van der Waals surface area contributed by atoms with Gasteiger partial charge in [0, 0.05) is 6.54 Å². The van der Waals surface area contributed by atoms with Gasteiger partial charge in [-0.05, 0) is 5.92 Å². The van der Waals surface area contributed by atoms with Crippen LogP contribution in [0.5, 0.6) is 0 Å². The summed E-state index contributed by atoms with van der Waals surface area (Å²) in [5.74, 6) is 0.0157. The Morgan fingerprint density at radius 3 is 2.88 bits per heavy atom. The van der Waals surface area contributed by atoms with Gasteiger partial charge in [0.25, 0.3) is 0 Å². The van der Waals surface area contributed by atoms with Gasteiger partial charge in [0.1, 0.15) is 12.9 Å². The molecule has 1 atom stereocenters. The Labute approximate surface area is 93.7 Å². The Hall–Kier alpha value is -1.63. The molecule has 0 spiro atoms. The summed E-state index contributed by atoms with van der Waals surface area (Å²) in [6.45, 7) is 4.06. The molecule has 0 fully saturated rings. The summed E-state index contributed by atoms with van der Waals surface area (Å²) >= 11 is 0. The fourth-order valence-corrected chi connectivity index (χ4v) is 1.04. The van der Waals surface area contributed by atoms with Crippen LogP contribution in [0.1, 0.15) is 13.8 Å². The van der Waals surface area contributed by atoms with E-state index in [2.05, 4.69) is 15.4 Å². The van der Waals surface area contributed by atoms with Crippen LogP contribution >= 0.6 is 0 Å². The van der Waals surface area contributed by atoms with Crippen LogP contribution in [0.3, 0.4) is 0 Å². The largest absolute Gasteiger partial charge is 0.391 e. The fourth-order valence-electron chi connectivity index (χ4n) is 1.04. The van der Waals surface area contributed by atoms with Crippen LogP contribution in [0.25, 0.3) is 0 Å². The molecule has 1 amide bonds. The SMILES string of the molecule is CC(C)C(O)CNC(=O)Cn1cnc(N)n1. The molecular weight excluding hydrogens is 210 g/mol. The summed E-state index contributed by atoms with van der Waals surface area (Å²) in [6, 6.07) is 0. The maximum Gasteiger partial charge on any atom is 0.241 e. The maximum absolute atomic E-state index is 11.4. The van der Waals surface area contributed by atoms with Crippen molar-refractivity contribution in [3.8, 4) is 0 Å². The number of hydrogen-bond acceptors (Lipinski definition) is 5. The summed E-state index contributed by atoms with van der Waals surface area (Å²) < 4.78 is 1.34. The van der Waals surface area contributed by atoms with E-state index in [4.69, 9.17) is 5.73 Å². The van der Waals surface area contributed by atoms with Gasteiger partial charge >= 0.3 is 0 Å². The van der Waals surface area contributed by atoms with Gasteiger partial charge in [-0.3, -0.25) is 4.79 Å². The molecule has 0 aromatic carbocycles. The number of nitrogens with two attached hydrogens (primary N) is 1. The zero-order chi connectivity index (χ0) is 12.1. The van der Waals surface area contributed by atoms with Crippen molar-refractivity contribution >= 4 is 11.9 Å². The number of carbonyl (C=O) groups is 1. The van der Waals surface area contributed by atoms with Crippen molar-refractivity contribution in [1.82, 2.24) is 20.1 Å². The first-order chi connectivity index (χ1) is 7.49. The summed E-state index contributed by atoms with van der Waals surface area (Å²) in [4.78, 5) is 15.1. The van der Waals surface area contributed by atoms with E-state index < -0.39 is 6.10 Å². The van der Waals surface area contributed by atoms with Gasteiger partial charge in [-0.2, -0.15) is 0 Å². The summed E-state index contributed by atoms with van der Waals surface area (Å²) in [5.41, 5.74) is 5.30. The zero-order valence-corrected chi connectivity index (χ0v) is 9.42. The number of aromatic nitrogens is 3. The number of aliphatic hydroxyl groups excluding tert-OH is 1. The molecule has 0 aliphatic carbocycles. The summed E-state index contributed by atoms with van der Waals surface area (Å²) in [5, 5.41) is 15.9. The molecule has 0 aliphatic heterocycles. The van der Waals surface area contributed by atoms with Crippen molar-refractivity contribution in [1.29, 1.82) is 0 Å². The number of nitrogen functional groups attached to an aromatic ring is 1.